The van der Waals surface area contributed by atoms with Crippen LogP contribution >= 0.6 is 15.9 Å². The Hall–Kier alpha value is -1.75. The van der Waals surface area contributed by atoms with Crippen molar-refractivity contribution < 1.29 is 13.9 Å². The molecule has 1 heterocycles. The van der Waals surface area contributed by atoms with E-state index in [-0.39, 0.29) is 11.4 Å². The normalized spacial score (nSPS) is 31.1. The van der Waals surface area contributed by atoms with Crippen molar-refractivity contribution in [3.8, 4) is 5.75 Å². The van der Waals surface area contributed by atoms with Crippen molar-refractivity contribution in [3.05, 3.63) is 52.4 Å². The smallest absolute Gasteiger partial charge is 0.287 e. The van der Waals surface area contributed by atoms with E-state index in [1.807, 2.05) is 30.3 Å². The molecule has 0 saturated heterocycles. The van der Waals surface area contributed by atoms with Crippen molar-refractivity contribution in [2.75, 3.05) is 0 Å². The van der Waals surface area contributed by atoms with Gasteiger partial charge in [-0.1, -0.05) is 15.9 Å². The summed E-state index contributed by atoms with van der Waals surface area (Å²) in [4.78, 5) is 12.8. The first-order valence-corrected chi connectivity index (χ1v) is 10.7. The summed E-state index contributed by atoms with van der Waals surface area (Å²) in [5.41, 5.74) is 0.00666. The highest BCUT2D eigenvalue weighted by Crippen LogP contribution is 2.55. The summed E-state index contributed by atoms with van der Waals surface area (Å²) in [6.45, 7) is 0.312. The largest absolute Gasteiger partial charge is 0.486 e. The minimum Gasteiger partial charge on any atom is -0.486 e. The highest BCUT2D eigenvalue weighted by Gasteiger charge is 2.51. The molecule has 4 aliphatic carbocycles. The number of hydrogen-bond acceptors (Lipinski definition) is 3. The third-order valence-corrected chi connectivity index (χ3v) is 7.03. The lowest BCUT2D eigenvalue weighted by molar-refractivity contribution is -0.0171. The summed E-state index contributed by atoms with van der Waals surface area (Å²) in [5, 5.41) is 3.36. The molecule has 6 rings (SSSR count). The fraction of sp³-hybridized carbons (Fsp3) is 0.500. The molecule has 4 nitrogen and oxygen atoms in total. The van der Waals surface area contributed by atoms with Gasteiger partial charge >= 0.3 is 0 Å². The Morgan fingerprint density at radius 2 is 1.67 bits per heavy atom. The van der Waals surface area contributed by atoms with Crippen LogP contribution in [0, 0.1) is 17.8 Å². The standard InChI is InChI=1S/C22H24BrNO3/c23-17-1-3-18(4-2-17)26-13-19-5-6-20(27-19)21(25)24-22-10-14-7-15(11-22)9-16(8-14)12-22/h1-6,14-16H,7-13H2,(H,24,25). The van der Waals surface area contributed by atoms with E-state index in [4.69, 9.17) is 9.15 Å². The van der Waals surface area contributed by atoms with Crippen LogP contribution in [-0.2, 0) is 6.61 Å². The fourth-order valence-corrected chi connectivity index (χ4v) is 6.09. The van der Waals surface area contributed by atoms with Crippen LogP contribution in [0.5, 0.6) is 5.75 Å². The summed E-state index contributed by atoms with van der Waals surface area (Å²) in [7, 11) is 0. The average Bonchev–Trinajstić information content (AvgIpc) is 3.09. The molecule has 142 valence electrons. The van der Waals surface area contributed by atoms with Gasteiger partial charge in [0.05, 0.1) is 0 Å². The van der Waals surface area contributed by atoms with Gasteiger partial charge < -0.3 is 14.5 Å². The summed E-state index contributed by atoms with van der Waals surface area (Å²) < 4.78 is 12.5. The molecule has 2 aromatic rings. The zero-order valence-electron chi connectivity index (χ0n) is 15.2. The molecule has 1 amide bonds. The average molecular weight is 430 g/mol. The molecule has 0 spiro atoms. The molecule has 0 radical (unpaired) electrons. The number of carbonyl (C=O) groups is 1. The van der Waals surface area contributed by atoms with Crippen LogP contribution in [0.25, 0.3) is 0 Å². The van der Waals surface area contributed by atoms with Gasteiger partial charge in [0.15, 0.2) is 5.76 Å². The van der Waals surface area contributed by atoms with E-state index >= 15 is 0 Å². The maximum Gasteiger partial charge on any atom is 0.287 e. The van der Waals surface area contributed by atoms with Gasteiger partial charge in [-0.15, -0.1) is 0 Å². The lowest BCUT2D eigenvalue weighted by atomic mass is 9.53. The Morgan fingerprint density at radius 3 is 2.30 bits per heavy atom. The van der Waals surface area contributed by atoms with Crippen molar-refractivity contribution in [1.29, 1.82) is 0 Å². The van der Waals surface area contributed by atoms with E-state index in [0.717, 1.165) is 47.2 Å². The Morgan fingerprint density at radius 1 is 1.04 bits per heavy atom. The number of carbonyl (C=O) groups excluding carboxylic acids is 1. The van der Waals surface area contributed by atoms with Crippen molar-refractivity contribution in [2.24, 2.45) is 17.8 Å². The third-order valence-electron chi connectivity index (χ3n) is 6.50. The first-order valence-electron chi connectivity index (χ1n) is 9.86. The number of hydrogen-bond donors (Lipinski definition) is 1. The fourth-order valence-electron chi connectivity index (χ4n) is 5.83. The van der Waals surface area contributed by atoms with Gasteiger partial charge in [0, 0.05) is 10.0 Å². The number of amides is 1. The van der Waals surface area contributed by atoms with Crippen LogP contribution in [0.1, 0.15) is 54.8 Å². The molecule has 4 aliphatic rings. The van der Waals surface area contributed by atoms with Gasteiger partial charge in [0.1, 0.15) is 18.1 Å². The molecule has 0 atom stereocenters. The Bertz CT molecular complexity index is 806. The molecule has 1 aromatic carbocycles. The Balaban J connectivity index is 1.22. The van der Waals surface area contributed by atoms with Gasteiger partial charge in [0.25, 0.3) is 5.91 Å². The maximum absolute atomic E-state index is 12.8. The molecule has 4 fully saturated rings. The molecule has 4 saturated carbocycles. The van der Waals surface area contributed by atoms with Crippen LogP contribution in [0.4, 0.5) is 0 Å². The second kappa shape index (κ2) is 6.69. The summed E-state index contributed by atoms with van der Waals surface area (Å²) in [6, 6.07) is 11.2. The molecule has 1 aromatic heterocycles. The number of ether oxygens (including phenoxy) is 1. The zero-order valence-corrected chi connectivity index (χ0v) is 16.8. The predicted molar refractivity (Wildman–Crippen MR) is 106 cm³/mol. The van der Waals surface area contributed by atoms with E-state index < -0.39 is 0 Å². The van der Waals surface area contributed by atoms with Gasteiger partial charge in [-0.3, -0.25) is 4.79 Å². The Labute approximate surface area is 167 Å². The SMILES string of the molecule is O=C(NC12CC3CC(CC(C3)C1)C2)c1ccc(COc2ccc(Br)cc2)o1. The highest BCUT2D eigenvalue weighted by molar-refractivity contribution is 9.10. The van der Waals surface area contributed by atoms with Crippen LogP contribution in [0.3, 0.4) is 0 Å². The summed E-state index contributed by atoms with van der Waals surface area (Å²) in [6.07, 6.45) is 7.54. The lowest BCUT2D eigenvalue weighted by Gasteiger charge is -2.56. The third kappa shape index (κ3) is 3.54. The number of halogens is 1. The molecular formula is C22H24BrNO3. The van der Waals surface area contributed by atoms with Crippen LogP contribution in [0.2, 0.25) is 0 Å². The maximum atomic E-state index is 12.8. The lowest BCUT2D eigenvalue weighted by Crippen LogP contribution is -2.59. The first-order chi connectivity index (χ1) is 13.1. The number of benzene rings is 1. The monoisotopic (exact) mass is 429 g/mol. The molecule has 0 aliphatic heterocycles. The van der Waals surface area contributed by atoms with E-state index in [2.05, 4.69) is 21.2 Å². The van der Waals surface area contributed by atoms with Gasteiger partial charge in [-0.25, -0.2) is 0 Å². The highest BCUT2D eigenvalue weighted by atomic mass is 79.9. The van der Waals surface area contributed by atoms with Crippen molar-refractivity contribution >= 4 is 21.8 Å². The number of nitrogens with one attached hydrogen (secondary N) is 1. The van der Waals surface area contributed by atoms with E-state index in [9.17, 15) is 4.79 Å². The van der Waals surface area contributed by atoms with E-state index in [1.165, 1.54) is 19.3 Å². The number of furan rings is 1. The molecule has 27 heavy (non-hydrogen) atoms. The predicted octanol–water partition coefficient (Wildman–Crippen LogP) is 5.32. The molecule has 4 bridgehead atoms. The van der Waals surface area contributed by atoms with Gasteiger partial charge in [-0.2, -0.15) is 0 Å². The molecular weight excluding hydrogens is 406 g/mol. The molecule has 5 heteroatoms. The number of rotatable bonds is 5. The minimum atomic E-state index is -0.0770. The van der Waals surface area contributed by atoms with Crippen molar-refractivity contribution in [2.45, 2.75) is 50.7 Å². The van der Waals surface area contributed by atoms with E-state index in [0.29, 0.717) is 18.1 Å². The van der Waals surface area contributed by atoms with Crippen LogP contribution in [0.15, 0.2) is 45.3 Å². The van der Waals surface area contributed by atoms with Gasteiger partial charge in [0.2, 0.25) is 0 Å². The zero-order chi connectivity index (χ0) is 18.4. The summed E-state index contributed by atoms with van der Waals surface area (Å²) >= 11 is 3.41. The second-order valence-electron chi connectivity index (χ2n) is 8.66. The molecule has 1 N–H and O–H groups in total. The summed E-state index contributed by atoms with van der Waals surface area (Å²) in [5.74, 6) is 4.17. The van der Waals surface area contributed by atoms with Crippen LogP contribution < -0.4 is 10.1 Å². The van der Waals surface area contributed by atoms with Crippen LogP contribution in [-0.4, -0.2) is 11.4 Å². The van der Waals surface area contributed by atoms with Crippen molar-refractivity contribution in [1.82, 2.24) is 5.32 Å². The topological polar surface area (TPSA) is 51.5 Å². The van der Waals surface area contributed by atoms with E-state index in [1.54, 1.807) is 6.07 Å². The second-order valence-corrected chi connectivity index (χ2v) is 9.58. The van der Waals surface area contributed by atoms with Gasteiger partial charge in [-0.05, 0) is 92.7 Å². The Kier molecular flexibility index (Phi) is 4.30. The van der Waals surface area contributed by atoms with Crippen molar-refractivity contribution in [3.63, 3.8) is 0 Å². The molecule has 0 unspecified atom stereocenters. The minimum absolute atomic E-state index is 0.00666. The quantitative estimate of drug-likeness (QED) is 0.699. The first kappa shape index (κ1) is 17.4.